The van der Waals surface area contributed by atoms with Crippen molar-refractivity contribution in [2.45, 2.75) is 69.3 Å². The van der Waals surface area contributed by atoms with Crippen molar-refractivity contribution in [1.29, 1.82) is 0 Å². The minimum Gasteiger partial charge on any atom is -0.393 e. The number of pyridine rings is 1. The third kappa shape index (κ3) is 6.53. The maximum absolute atomic E-state index is 12.5. The van der Waals surface area contributed by atoms with E-state index in [0.29, 0.717) is 41.8 Å². The average molecular weight is 578 g/mol. The fourth-order valence-electron chi connectivity index (χ4n) is 5.24. The molecule has 12 heteroatoms. The lowest BCUT2D eigenvalue weighted by Crippen LogP contribution is -2.23. The van der Waals surface area contributed by atoms with Gasteiger partial charge in [-0.15, -0.1) is 0 Å². The highest BCUT2D eigenvalue weighted by Gasteiger charge is 2.37. The van der Waals surface area contributed by atoms with Gasteiger partial charge in [0.05, 0.1) is 46.7 Å². The van der Waals surface area contributed by atoms with Gasteiger partial charge in [0, 0.05) is 37.5 Å². The highest BCUT2D eigenvalue weighted by atomic mass is 32.2. The Bertz CT molecular complexity index is 1550. The van der Waals surface area contributed by atoms with Crippen LogP contribution < -0.4 is 10.6 Å². The molecule has 0 spiro atoms. The van der Waals surface area contributed by atoms with Crippen molar-refractivity contribution in [3.05, 3.63) is 42.5 Å². The molecule has 0 radical (unpaired) electrons. The van der Waals surface area contributed by atoms with Crippen molar-refractivity contribution in [3.8, 4) is 23.2 Å². The quantitative estimate of drug-likeness (QED) is 0.340. The molecular weight excluding hydrogens is 542 g/mol. The van der Waals surface area contributed by atoms with Gasteiger partial charge < -0.3 is 20.5 Å². The summed E-state index contributed by atoms with van der Waals surface area (Å²) in [6.07, 6.45) is 12.1. The summed E-state index contributed by atoms with van der Waals surface area (Å²) in [6.45, 7) is 3.58. The van der Waals surface area contributed by atoms with Crippen LogP contribution in [0.3, 0.4) is 0 Å². The first-order valence-electron chi connectivity index (χ1n) is 14.3. The van der Waals surface area contributed by atoms with Gasteiger partial charge in [0.25, 0.3) is 10.0 Å². The van der Waals surface area contributed by atoms with Gasteiger partial charge in [0.15, 0.2) is 5.82 Å². The van der Waals surface area contributed by atoms with E-state index in [1.807, 2.05) is 6.07 Å². The summed E-state index contributed by atoms with van der Waals surface area (Å²) in [5.41, 5.74) is 2.22. The van der Waals surface area contributed by atoms with Crippen LogP contribution in [0.25, 0.3) is 11.4 Å². The van der Waals surface area contributed by atoms with Crippen molar-refractivity contribution in [2.75, 3.05) is 23.8 Å². The Hall–Kier alpha value is -3.53. The summed E-state index contributed by atoms with van der Waals surface area (Å²) in [6, 6.07) is 3.66. The second-order valence-electron chi connectivity index (χ2n) is 11.1. The van der Waals surface area contributed by atoms with E-state index < -0.39 is 10.0 Å². The highest BCUT2D eigenvalue weighted by molar-refractivity contribution is 7.90. The van der Waals surface area contributed by atoms with Crippen LogP contribution in [0.2, 0.25) is 0 Å². The van der Waals surface area contributed by atoms with Crippen LogP contribution in [0.5, 0.6) is 0 Å². The number of hydrogen-bond donors (Lipinski definition) is 3. The van der Waals surface area contributed by atoms with Gasteiger partial charge in [0.2, 0.25) is 0 Å². The van der Waals surface area contributed by atoms with Crippen molar-refractivity contribution < 1.29 is 18.3 Å². The summed E-state index contributed by atoms with van der Waals surface area (Å²) in [5, 5.41) is 20.4. The van der Waals surface area contributed by atoms with E-state index in [1.165, 1.54) is 12.4 Å². The molecule has 216 valence electrons. The lowest BCUT2D eigenvalue weighted by atomic mass is 9.87. The molecule has 2 atom stereocenters. The summed E-state index contributed by atoms with van der Waals surface area (Å²) < 4.78 is 31.7. The zero-order valence-electron chi connectivity index (χ0n) is 23.0. The first-order chi connectivity index (χ1) is 19.8. The number of nitrogens with one attached hydrogen (secondary N) is 2. The number of aromatic nitrogens is 5. The molecule has 1 saturated heterocycles. The Morgan fingerprint density at radius 3 is 2.68 bits per heavy atom. The maximum Gasteiger partial charge on any atom is 0.256 e. The fraction of sp³-hybridized carbons (Fsp3) is 0.517. The Morgan fingerprint density at radius 2 is 1.93 bits per heavy atom. The molecule has 3 fully saturated rings. The number of ether oxygens (including phenoxy) is 1. The molecule has 6 rings (SSSR count). The van der Waals surface area contributed by atoms with Crippen molar-refractivity contribution in [1.82, 2.24) is 24.1 Å². The number of aliphatic hydroxyl groups excluding tert-OH is 1. The van der Waals surface area contributed by atoms with Gasteiger partial charge >= 0.3 is 0 Å². The number of anilines is 3. The number of nitrogens with zero attached hydrogens (tertiary/aromatic N) is 5. The van der Waals surface area contributed by atoms with Crippen LogP contribution in [0.15, 0.2) is 36.9 Å². The highest BCUT2D eigenvalue weighted by Crippen LogP contribution is 2.31. The number of rotatable bonds is 8. The summed E-state index contributed by atoms with van der Waals surface area (Å²) in [4.78, 5) is 13.5. The topological polar surface area (TPSA) is 144 Å². The van der Waals surface area contributed by atoms with E-state index in [2.05, 4.69) is 49.4 Å². The van der Waals surface area contributed by atoms with E-state index >= 15 is 0 Å². The van der Waals surface area contributed by atoms with Crippen molar-refractivity contribution >= 4 is 27.3 Å². The zero-order valence-corrected chi connectivity index (χ0v) is 23.8. The predicted molar refractivity (Wildman–Crippen MR) is 155 cm³/mol. The lowest BCUT2D eigenvalue weighted by Gasteiger charge is -2.26. The SMILES string of the molecule is C[C@H]1OCC[C@@H]1C#Cc1cnc(Nc2ccnc(-c3cnn(S(=O)(=O)C4CC4)c3)n2)cc1NCC1CCC(O)CC1. The van der Waals surface area contributed by atoms with E-state index in [1.54, 1.807) is 18.5 Å². The van der Waals surface area contributed by atoms with Gasteiger partial charge in [-0.2, -0.15) is 9.19 Å². The predicted octanol–water partition coefficient (Wildman–Crippen LogP) is 3.56. The summed E-state index contributed by atoms with van der Waals surface area (Å²) >= 11 is 0. The number of hydrogen-bond acceptors (Lipinski definition) is 10. The molecule has 3 aromatic heterocycles. The molecule has 2 saturated carbocycles. The molecule has 4 heterocycles. The molecule has 0 amide bonds. The molecule has 1 aliphatic heterocycles. The third-order valence-electron chi connectivity index (χ3n) is 8.01. The largest absolute Gasteiger partial charge is 0.393 e. The summed E-state index contributed by atoms with van der Waals surface area (Å²) in [5.74, 6) is 8.84. The van der Waals surface area contributed by atoms with Crippen LogP contribution in [0.4, 0.5) is 17.3 Å². The molecule has 3 aromatic rings. The van der Waals surface area contributed by atoms with Gasteiger partial charge in [-0.25, -0.2) is 23.4 Å². The van der Waals surface area contributed by atoms with Gasteiger partial charge in [-0.1, -0.05) is 11.8 Å². The standard InChI is InChI=1S/C29H35N7O4S/c1-19-21(11-13-40-19)4-5-22-16-32-28(14-26(22)31-15-20-2-6-24(37)7-3-20)34-27-10-12-30-29(35-27)23-17-33-36(18-23)41(38,39)25-8-9-25/h10,12,14,16-21,24-25,37H,2-3,6-9,11,13,15H2,1H3,(H2,30,31,32,34,35)/t19-,20?,21+,24?/m1/s1. The Morgan fingerprint density at radius 1 is 1.10 bits per heavy atom. The van der Waals surface area contributed by atoms with Gasteiger partial charge in [-0.3, -0.25) is 0 Å². The smallest absolute Gasteiger partial charge is 0.256 e. The lowest BCUT2D eigenvalue weighted by molar-refractivity contribution is 0.111. The average Bonchev–Trinajstić information content (AvgIpc) is 3.58. The van der Waals surface area contributed by atoms with E-state index in [4.69, 9.17) is 4.74 Å². The number of aliphatic hydroxyl groups is 1. The fourth-order valence-corrected chi connectivity index (χ4v) is 6.72. The maximum atomic E-state index is 12.5. The molecule has 11 nitrogen and oxygen atoms in total. The second kappa shape index (κ2) is 11.8. The van der Waals surface area contributed by atoms with Crippen molar-refractivity contribution in [2.24, 2.45) is 11.8 Å². The Kier molecular flexibility index (Phi) is 7.92. The van der Waals surface area contributed by atoms with Crippen LogP contribution in [-0.4, -0.2) is 68.3 Å². The molecule has 3 aliphatic rings. The first kappa shape index (κ1) is 27.6. The Balaban J connectivity index is 1.20. The Labute approximate surface area is 240 Å². The van der Waals surface area contributed by atoms with Crippen LogP contribution in [-0.2, 0) is 14.8 Å². The van der Waals surface area contributed by atoms with E-state index in [0.717, 1.165) is 60.6 Å². The van der Waals surface area contributed by atoms with E-state index in [-0.39, 0.29) is 23.4 Å². The van der Waals surface area contributed by atoms with Gasteiger partial charge in [-0.05, 0) is 63.9 Å². The monoisotopic (exact) mass is 577 g/mol. The van der Waals surface area contributed by atoms with Crippen LogP contribution in [0.1, 0.15) is 57.4 Å². The molecular formula is C29H35N7O4S. The minimum atomic E-state index is -3.46. The molecule has 0 bridgehead atoms. The summed E-state index contributed by atoms with van der Waals surface area (Å²) in [7, 11) is -3.46. The first-order valence-corrected chi connectivity index (χ1v) is 15.8. The van der Waals surface area contributed by atoms with Crippen LogP contribution >= 0.6 is 0 Å². The molecule has 3 N–H and O–H groups in total. The molecule has 2 aliphatic carbocycles. The zero-order chi connectivity index (χ0) is 28.4. The molecule has 41 heavy (non-hydrogen) atoms. The minimum absolute atomic E-state index is 0.120. The van der Waals surface area contributed by atoms with Crippen LogP contribution in [0, 0.1) is 23.7 Å². The van der Waals surface area contributed by atoms with E-state index in [9.17, 15) is 13.5 Å². The molecule has 0 unspecified atom stereocenters. The normalized spacial score (nSPS) is 24.4. The third-order valence-corrected chi connectivity index (χ3v) is 10.0. The van der Waals surface area contributed by atoms with Crippen molar-refractivity contribution in [3.63, 3.8) is 0 Å². The molecule has 0 aromatic carbocycles. The van der Waals surface area contributed by atoms with Gasteiger partial charge in [0.1, 0.15) is 11.6 Å². The second-order valence-corrected chi connectivity index (χ2v) is 13.2.